The second-order valence-corrected chi connectivity index (χ2v) is 9.82. The van der Waals surface area contributed by atoms with E-state index in [0.29, 0.717) is 11.1 Å². The molecule has 1 aromatic rings. The first-order valence-electron chi connectivity index (χ1n) is 9.66. The lowest BCUT2D eigenvalue weighted by Gasteiger charge is -2.54. The average molecular weight is 480 g/mol. The van der Waals surface area contributed by atoms with Crippen LogP contribution in [0.2, 0.25) is 0 Å². The first-order valence-corrected chi connectivity index (χ1v) is 10.7. The molecular formula is C22H25IO4. The molecule has 1 saturated heterocycles. The Kier molecular flexibility index (Phi) is 4.85. The number of ether oxygens (including phenoxy) is 2. The van der Waals surface area contributed by atoms with Crippen molar-refractivity contribution in [2.24, 2.45) is 23.2 Å². The van der Waals surface area contributed by atoms with Crippen molar-refractivity contribution in [3.63, 3.8) is 0 Å². The van der Waals surface area contributed by atoms with Gasteiger partial charge in [0.2, 0.25) is 0 Å². The second kappa shape index (κ2) is 6.90. The topological polar surface area (TPSA) is 52.6 Å². The predicted molar refractivity (Wildman–Crippen MR) is 110 cm³/mol. The van der Waals surface area contributed by atoms with Gasteiger partial charge in [0, 0.05) is 26.9 Å². The predicted octanol–water partition coefficient (Wildman–Crippen LogP) is 4.76. The van der Waals surface area contributed by atoms with Gasteiger partial charge in [0.25, 0.3) is 0 Å². The molecule has 0 N–H and O–H groups in total. The van der Waals surface area contributed by atoms with Crippen molar-refractivity contribution in [1.29, 1.82) is 0 Å². The van der Waals surface area contributed by atoms with Crippen molar-refractivity contribution >= 4 is 34.5 Å². The molecule has 2 aliphatic carbocycles. The largest absolute Gasteiger partial charge is 0.458 e. The molecule has 4 nitrogen and oxygen atoms in total. The van der Waals surface area contributed by atoms with Crippen LogP contribution in [0.25, 0.3) is 0 Å². The fourth-order valence-corrected chi connectivity index (χ4v) is 6.06. The minimum atomic E-state index is -0.269. The highest BCUT2D eigenvalue weighted by molar-refractivity contribution is 14.1. The summed E-state index contributed by atoms with van der Waals surface area (Å²) in [7, 11) is 0. The van der Waals surface area contributed by atoms with Gasteiger partial charge in [-0.1, -0.05) is 26.5 Å². The van der Waals surface area contributed by atoms with Crippen molar-refractivity contribution in [3.05, 3.63) is 45.6 Å². The highest BCUT2D eigenvalue weighted by atomic mass is 127. The number of carbonyl (C=O) groups excluding carboxylic acids is 2. The Morgan fingerprint density at radius 2 is 2.07 bits per heavy atom. The summed E-state index contributed by atoms with van der Waals surface area (Å²) in [6, 6.07) is 7.46. The summed E-state index contributed by atoms with van der Waals surface area (Å²) in [6.07, 6.45) is 3.59. The van der Waals surface area contributed by atoms with Gasteiger partial charge in [0.1, 0.15) is 12.2 Å². The van der Waals surface area contributed by atoms with E-state index in [9.17, 15) is 9.59 Å². The molecule has 3 fully saturated rings. The van der Waals surface area contributed by atoms with E-state index >= 15 is 0 Å². The third kappa shape index (κ3) is 3.22. The normalized spacial score (nSPS) is 38.0. The summed E-state index contributed by atoms with van der Waals surface area (Å²) in [5.74, 6) is -0.0688. The number of fused-ring (bicyclic) bond motifs is 3. The maximum Gasteiger partial charge on any atom is 0.338 e. The Morgan fingerprint density at radius 1 is 1.33 bits per heavy atom. The summed E-state index contributed by atoms with van der Waals surface area (Å²) in [5.41, 5.74) is 1.33. The minimum absolute atomic E-state index is 0.114. The molecule has 0 radical (unpaired) electrons. The van der Waals surface area contributed by atoms with Gasteiger partial charge in [0.15, 0.2) is 0 Å². The van der Waals surface area contributed by atoms with Crippen LogP contribution in [0.5, 0.6) is 0 Å². The third-order valence-electron chi connectivity index (χ3n) is 7.01. The van der Waals surface area contributed by atoms with Crippen LogP contribution in [0.1, 0.15) is 49.9 Å². The van der Waals surface area contributed by atoms with E-state index in [1.165, 1.54) is 0 Å². The van der Waals surface area contributed by atoms with Crippen molar-refractivity contribution < 1.29 is 19.1 Å². The standard InChI is InChI=1S/C22H25IO4/c1-12-16-7-9-22(3)10-8-17(13(2)18(22)19(16)27-20(12)24)26-21(25)14-5-4-6-15(23)11-14/h4-6,11,13,16-19H,1,7-10H2,2-3H3. The lowest BCUT2D eigenvalue weighted by molar-refractivity contribution is -0.159. The van der Waals surface area contributed by atoms with Crippen LogP contribution in [0.4, 0.5) is 0 Å². The van der Waals surface area contributed by atoms with Gasteiger partial charge in [-0.2, -0.15) is 0 Å². The lowest BCUT2D eigenvalue weighted by atomic mass is 9.53. The van der Waals surface area contributed by atoms with Crippen LogP contribution >= 0.6 is 22.6 Å². The number of rotatable bonds is 2. The molecule has 27 heavy (non-hydrogen) atoms. The lowest BCUT2D eigenvalue weighted by Crippen LogP contribution is -2.53. The zero-order chi connectivity index (χ0) is 19.3. The number of carbonyl (C=O) groups is 2. The number of halogens is 1. The van der Waals surface area contributed by atoms with Gasteiger partial charge in [-0.3, -0.25) is 0 Å². The van der Waals surface area contributed by atoms with E-state index in [2.05, 4.69) is 43.0 Å². The average Bonchev–Trinajstić information content (AvgIpc) is 2.91. The fraction of sp³-hybridized carbons (Fsp3) is 0.545. The molecule has 6 unspecified atom stereocenters. The molecule has 0 spiro atoms. The number of benzene rings is 1. The van der Waals surface area contributed by atoms with Crippen LogP contribution in [-0.4, -0.2) is 24.1 Å². The molecule has 4 rings (SSSR count). The Bertz CT molecular complexity index is 803. The van der Waals surface area contributed by atoms with Crippen LogP contribution in [0.15, 0.2) is 36.4 Å². The van der Waals surface area contributed by atoms with Crippen LogP contribution in [0.3, 0.4) is 0 Å². The van der Waals surface area contributed by atoms with Crippen molar-refractivity contribution in [2.75, 3.05) is 0 Å². The Morgan fingerprint density at radius 3 is 2.81 bits per heavy atom. The molecule has 6 atom stereocenters. The molecule has 5 heteroatoms. The van der Waals surface area contributed by atoms with Gasteiger partial charge < -0.3 is 9.47 Å². The van der Waals surface area contributed by atoms with E-state index in [-0.39, 0.29) is 47.3 Å². The summed E-state index contributed by atoms with van der Waals surface area (Å²) in [6.45, 7) is 8.41. The van der Waals surface area contributed by atoms with Crippen LogP contribution in [0, 0.1) is 26.7 Å². The van der Waals surface area contributed by atoms with Crippen LogP contribution in [-0.2, 0) is 14.3 Å². The SMILES string of the molecule is C=C1C(=O)OC2C1CCC1(C)CCC(OC(=O)c3cccc(I)c3)C(C)C21. The van der Waals surface area contributed by atoms with Crippen molar-refractivity contribution in [3.8, 4) is 0 Å². The molecule has 2 saturated carbocycles. The monoisotopic (exact) mass is 480 g/mol. The van der Waals surface area contributed by atoms with Gasteiger partial charge >= 0.3 is 11.9 Å². The molecule has 0 bridgehead atoms. The maximum absolute atomic E-state index is 12.7. The fourth-order valence-electron chi connectivity index (χ4n) is 5.52. The van der Waals surface area contributed by atoms with Gasteiger partial charge in [0.05, 0.1) is 5.56 Å². The Balaban J connectivity index is 1.55. The second-order valence-electron chi connectivity index (χ2n) is 8.57. The van der Waals surface area contributed by atoms with Gasteiger partial charge in [-0.05, 0) is 71.9 Å². The molecule has 1 heterocycles. The van der Waals surface area contributed by atoms with E-state index in [4.69, 9.17) is 9.47 Å². The number of esters is 2. The number of hydrogen-bond donors (Lipinski definition) is 0. The smallest absolute Gasteiger partial charge is 0.338 e. The Labute approximate surface area is 173 Å². The number of hydrogen-bond acceptors (Lipinski definition) is 4. The highest BCUT2D eigenvalue weighted by Crippen LogP contribution is 2.58. The summed E-state index contributed by atoms with van der Waals surface area (Å²) in [4.78, 5) is 24.8. The summed E-state index contributed by atoms with van der Waals surface area (Å²) < 4.78 is 12.7. The zero-order valence-corrected chi connectivity index (χ0v) is 17.9. The molecule has 3 aliphatic rings. The molecule has 0 aromatic heterocycles. The van der Waals surface area contributed by atoms with E-state index in [0.717, 1.165) is 29.3 Å². The van der Waals surface area contributed by atoms with Gasteiger partial charge in [-0.15, -0.1) is 0 Å². The molecular weight excluding hydrogens is 455 g/mol. The quantitative estimate of drug-likeness (QED) is 0.348. The first-order chi connectivity index (χ1) is 12.8. The third-order valence-corrected chi connectivity index (χ3v) is 7.68. The van der Waals surface area contributed by atoms with Gasteiger partial charge in [-0.25, -0.2) is 9.59 Å². The minimum Gasteiger partial charge on any atom is -0.458 e. The molecule has 0 amide bonds. The van der Waals surface area contributed by atoms with E-state index < -0.39 is 0 Å². The summed E-state index contributed by atoms with van der Waals surface area (Å²) >= 11 is 2.20. The summed E-state index contributed by atoms with van der Waals surface area (Å²) in [5, 5.41) is 0. The Hall–Kier alpha value is -1.37. The maximum atomic E-state index is 12.7. The molecule has 1 aromatic carbocycles. The first kappa shape index (κ1) is 19.0. The van der Waals surface area contributed by atoms with E-state index in [1.54, 1.807) is 6.07 Å². The van der Waals surface area contributed by atoms with Crippen molar-refractivity contribution in [2.45, 2.75) is 51.7 Å². The molecule has 144 valence electrons. The molecule has 1 aliphatic heterocycles. The van der Waals surface area contributed by atoms with E-state index in [1.807, 2.05) is 18.2 Å². The van der Waals surface area contributed by atoms with Crippen LogP contribution < -0.4 is 0 Å². The zero-order valence-electron chi connectivity index (χ0n) is 15.7. The highest BCUT2D eigenvalue weighted by Gasteiger charge is 2.58. The van der Waals surface area contributed by atoms with Crippen molar-refractivity contribution in [1.82, 2.24) is 0 Å².